The summed E-state index contributed by atoms with van der Waals surface area (Å²) < 4.78 is 21.1. The molecule has 0 fully saturated rings. The molecule has 0 saturated carbocycles. The number of aryl methyl sites for hydroxylation is 1. The maximum absolute atomic E-state index is 13.9. The molecule has 0 radical (unpaired) electrons. The van der Waals surface area contributed by atoms with E-state index in [2.05, 4.69) is 24.7 Å². The van der Waals surface area contributed by atoms with Gasteiger partial charge in [0, 0.05) is 24.4 Å². The van der Waals surface area contributed by atoms with Gasteiger partial charge in [-0.2, -0.15) is 0 Å². The van der Waals surface area contributed by atoms with Crippen molar-refractivity contribution in [2.45, 2.75) is 42.4 Å². The van der Waals surface area contributed by atoms with Gasteiger partial charge in [-0.25, -0.2) is 14.4 Å². The Hall–Kier alpha value is -2.22. The highest BCUT2D eigenvalue weighted by atomic mass is 32.2. The summed E-state index contributed by atoms with van der Waals surface area (Å²) in [4.78, 5) is 8.50. The summed E-state index contributed by atoms with van der Waals surface area (Å²) in [7, 11) is 1.44. The van der Waals surface area contributed by atoms with Crippen molar-refractivity contribution in [2.24, 2.45) is 0 Å². The second kappa shape index (κ2) is 6.35. The molecule has 24 heavy (non-hydrogen) atoms. The van der Waals surface area contributed by atoms with Crippen molar-refractivity contribution in [3.63, 3.8) is 0 Å². The first-order valence-electron chi connectivity index (χ1n) is 7.84. The number of ether oxygens (including phenoxy) is 1. The maximum Gasteiger partial charge on any atom is 0.197 e. The molecule has 6 nitrogen and oxygen atoms in total. The monoisotopic (exact) mass is 345 g/mol. The predicted molar refractivity (Wildman–Crippen MR) is 87.7 cm³/mol. The molecule has 0 N–H and O–H groups in total. The van der Waals surface area contributed by atoms with Crippen LogP contribution in [0.3, 0.4) is 0 Å². The van der Waals surface area contributed by atoms with Gasteiger partial charge in [0.2, 0.25) is 0 Å². The lowest BCUT2D eigenvalue weighted by atomic mass is 10.2. The number of hydrogen-bond donors (Lipinski definition) is 0. The van der Waals surface area contributed by atoms with Crippen LogP contribution in [-0.4, -0.2) is 31.8 Å². The fourth-order valence-corrected chi connectivity index (χ4v) is 3.83. The summed E-state index contributed by atoms with van der Waals surface area (Å²) in [6.07, 6.45) is 5.88. The lowest BCUT2D eigenvalue weighted by Crippen LogP contribution is -2.02. The van der Waals surface area contributed by atoms with Crippen LogP contribution >= 0.6 is 11.8 Å². The van der Waals surface area contributed by atoms with Crippen LogP contribution < -0.4 is 4.74 Å². The lowest BCUT2D eigenvalue weighted by Gasteiger charge is -2.09. The molecule has 3 aromatic rings. The van der Waals surface area contributed by atoms with E-state index >= 15 is 0 Å². The highest BCUT2D eigenvalue weighted by Crippen LogP contribution is 2.34. The molecule has 0 spiro atoms. The van der Waals surface area contributed by atoms with Crippen LogP contribution in [0, 0.1) is 5.82 Å². The van der Waals surface area contributed by atoms with E-state index in [1.54, 1.807) is 6.07 Å². The highest BCUT2D eigenvalue weighted by molar-refractivity contribution is 7.99. The maximum atomic E-state index is 13.9. The molecule has 0 aliphatic carbocycles. The van der Waals surface area contributed by atoms with Crippen LogP contribution in [0.25, 0.3) is 10.9 Å². The first-order valence-corrected chi connectivity index (χ1v) is 8.66. The molecule has 0 atom stereocenters. The van der Waals surface area contributed by atoms with Crippen molar-refractivity contribution in [3.8, 4) is 5.75 Å². The number of hydrogen-bond acceptors (Lipinski definition) is 6. The van der Waals surface area contributed by atoms with Crippen molar-refractivity contribution in [2.75, 3.05) is 7.11 Å². The Morgan fingerprint density at radius 1 is 1.17 bits per heavy atom. The number of aromatic nitrogens is 5. The first-order chi connectivity index (χ1) is 11.8. The van der Waals surface area contributed by atoms with Gasteiger partial charge in [-0.05, 0) is 30.7 Å². The van der Waals surface area contributed by atoms with E-state index in [4.69, 9.17) is 4.74 Å². The van der Waals surface area contributed by atoms with E-state index in [0.717, 1.165) is 47.2 Å². The largest absolute Gasteiger partial charge is 0.494 e. The van der Waals surface area contributed by atoms with Crippen molar-refractivity contribution in [3.05, 3.63) is 30.1 Å². The van der Waals surface area contributed by atoms with Crippen LogP contribution in [-0.2, 0) is 13.0 Å². The molecule has 3 heterocycles. The quantitative estimate of drug-likeness (QED) is 0.679. The van der Waals surface area contributed by atoms with Crippen molar-refractivity contribution in [1.29, 1.82) is 0 Å². The third-order valence-electron chi connectivity index (χ3n) is 4.14. The molecular formula is C16H16FN5OS. The zero-order valence-electron chi connectivity index (χ0n) is 13.2. The summed E-state index contributed by atoms with van der Waals surface area (Å²) in [5, 5.41) is 10.9. The predicted octanol–water partition coefficient (Wildman–Crippen LogP) is 3.25. The summed E-state index contributed by atoms with van der Waals surface area (Å²) in [6.45, 7) is 0.922. The van der Waals surface area contributed by atoms with Gasteiger partial charge >= 0.3 is 0 Å². The van der Waals surface area contributed by atoms with E-state index in [1.165, 1.54) is 37.7 Å². The standard InChI is InChI=1S/C16H16FN5OS/c1-23-13-7-10-12(8-11(13)17)18-9-19-15(10)24-16-21-20-14-5-3-2-4-6-22(14)16/h7-9H,2-6H2,1H3. The minimum atomic E-state index is -0.434. The van der Waals surface area contributed by atoms with Crippen LogP contribution in [0.4, 0.5) is 4.39 Å². The van der Waals surface area contributed by atoms with Crippen molar-refractivity contribution >= 4 is 22.7 Å². The van der Waals surface area contributed by atoms with Crippen molar-refractivity contribution < 1.29 is 9.13 Å². The van der Waals surface area contributed by atoms with E-state index in [-0.39, 0.29) is 5.75 Å². The molecule has 4 rings (SSSR count). The number of rotatable bonds is 3. The minimum Gasteiger partial charge on any atom is -0.494 e. The third kappa shape index (κ3) is 2.71. The molecule has 0 unspecified atom stereocenters. The lowest BCUT2D eigenvalue weighted by molar-refractivity contribution is 0.387. The highest BCUT2D eigenvalue weighted by Gasteiger charge is 2.18. The van der Waals surface area contributed by atoms with E-state index < -0.39 is 5.82 Å². The molecule has 1 aromatic carbocycles. The topological polar surface area (TPSA) is 65.7 Å². The number of methoxy groups -OCH3 is 1. The van der Waals surface area contributed by atoms with Gasteiger partial charge in [-0.1, -0.05) is 6.42 Å². The Balaban J connectivity index is 1.76. The Morgan fingerprint density at radius 3 is 2.96 bits per heavy atom. The van der Waals surface area contributed by atoms with Gasteiger partial charge in [0.15, 0.2) is 16.7 Å². The van der Waals surface area contributed by atoms with Gasteiger partial charge in [0.1, 0.15) is 17.2 Å². The molecule has 8 heteroatoms. The van der Waals surface area contributed by atoms with Gasteiger partial charge in [-0.15, -0.1) is 10.2 Å². The molecule has 0 saturated heterocycles. The fraction of sp³-hybridized carbons (Fsp3) is 0.375. The minimum absolute atomic E-state index is 0.180. The molecule has 1 aliphatic rings. The van der Waals surface area contributed by atoms with Gasteiger partial charge in [0.05, 0.1) is 12.6 Å². The Bertz CT molecular complexity index is 898. The van der Waals surface area contributed by atoms with Gasteiger partial charge < -0.3 is 9.30 Å². The fourth-order valence-electron chi connectivity index (χ4n) is 2.89. The average molecular weight is 345 g/mol. The van der Waals surface area contributed by atoms with E-state index in [1.807, 2.05) is 0 Å². The summed E-state index contributed by atoms with van der Waals surface area (Å²) >= 11 is 1.43. The van der Waals surface area contributed by atoms with Crippen LogP contribution in [0.5, 0.6) is 5.75 Å². The molecule has 0 amide bonds. The SMILES string of the molecule is COc1cc2c(Sc3nnc4n3CCCCC4)ncnc2cc1F. The Kier molecular flexibility index (Phi) is 4.05. The van der Waals surface area contributed by atoms with E-state index in [9.17, 15) is 4.39 Å². The number of nitrogens with zero attached hydrogens (tertiary/aromatic N) is 5. The summed E-state index contributed by atoms with van der Waals surface area (Å²) in [6, 6.07) is 3.00. The van der Waals surface area contributed by atoms with Gasteiger partial charge in [-0.3, -0.25) is 0 Å². The molecule has 124 valence electrons. The molecular weight excluding hydrogens is 329 g/mol. The number of halogens is 1. The van der Waals surface area contributed by atoms with Crippen LogP contribution in [0.15, 0.2) is 28.6 Å². The number of fused-ring (bicyclic) bond motifs is 2. The van der Waals surface area contributed by atoms with Gasteiger partial charge in [0.25, 0.3) is 0 Å². The average Bonchev–Trinajstić information content (AvgIpc) is 2.81. The van der Waals surface area contributed by atoms with Crippen LogP contribution in [0.1, 0.15) is 25.1 Å². The number of benzene rings is 1. The Labute approximate surface area is 142 Å². The first kappa shape index (κ1) is 15.3. The zero-order valence-corrected chi connectivity index (χ0v) is 14.0. The summed E-state index contributed by atoms with van der Waals surface area (Å²) in [5.74, 6) is 0.771. The molecule has 2 aromatic heterocycles. The molecule has 0 bridgehead atoms. The van der Waals surface area contributed by atoms with Crippen molar-refractivity contribution in [1.82, 2.24) is 24.7 Å². The Morgan fingerprint density at radius 2 is 2.08 bits per heavy atom. The zero-order chi connectivity index (χ0) is 16.5. The van der Waals surface area contributed by atoms with E-state index in [0.29, 0.717) is 5.52 Å². The van der Waals surface area contributed by atoms with Crippen LogP contribution in [0.2, 0.25) is 0 Å². The third-order valence-corrected chi connectivity index (χ3v) is 5.14. The summed E-state index contributed by atoms with van der Waals surface area (Å²) in [5.41, 5.74) is 0.543. The molecule has 1 aliphatic heterocycles. The second-order valence-corrected chi connectivity index (χ2v) is 6.60. The smallest absolute Gasteiger partial charge is 0.197 e. The second-order valence-electron chi connectivity index (χ2n) is 5.65. The normalized spacial score (nSPS) is 14.4.